The molecule has 0 aliphatic carbocycles. The van der Waals surface area contributed by atoms with E-state index < -0.39 is 41.9 Å². The van der Waals surface area contributed by atoms with Gasteiger partial charge in [0.05, 0.1) is 6.54 Å². The number of likely N-dealkylation sites (N-methyl/N-ethyl adjacent to an activating group) is 1. The summed E-state index contributed by atoms with van der Waals surface area (Å²) >= 11 is 0. The summed E-state index contributed by atoms with van der Waals surface area (Å²) in [5.74, 6) is -2.01. The average Bonchev–Trinajstić information content (AvgIpc) is 3.49. The molecule has 0 saturated carbocycles. The van der Waals surface area contributed by atoms with Crippen LogP contribution < -0.4 is 16.0 Å². The minimum atomic E-state index is -1.01. The van der Waals surface area contributed by atoms with Gasteiger partial charge in [-0.1, -0.05) is 58.0 Å². The Morgan fingerprint density at radius 3 is 2.14 bits per heavy atom. The summed E-state index contributed by atoms with van der Waals surface area (Å²) in [6.45, 7) is 9.11. The van der Waals surface area contributed by atoms with E-state index in [-0.39, 0.29) is 36.6 Å². The fourth-order valence-corrected chi connectivity index (χ4v) is 5.44. The first-order valence-electron chi connectivity index (χ1n) is 14.8. The van der Waals surface area contributed by atoms with Crippen LogP contribution in [-0.2, 0) is 44.0 Å². The second-order valence-corrected chi connectivity index (χ2v) is 12.3. The van der Waals surface area contributed by atoms with Crippen LogP contribution >= 0.6 is 0 Å². The molecular formula is C32H46N6O5. The summed E-state index contributed by atoms with van der Waals surface area (Å²) in [6, 6.07) is 7.54. The summed E-state index contributed by atoms with van der Waals surface area (Å²) in [4.78, 5) is 69.5. The Hall–Kier alpha value is -4.15. The molecule has 234 valence electrons. The molecule has 43 heavy (non-hydrogen) atoms. The van der Waals surface area contributed by atoms with Crippen LogP contribution in [0, 0.1) is 11.8 Å². The van der Waals surface area contributed by atoms with Crippen molar-refractivity contribution in [1.82, 2.24) is 30.3 Å². The fraction of sp³-hybridized carbons (Fsp3) is 0.531. The maximum absolute atomic E-state index is 14.4. The van der Waals surface area contributed by atoms with Crippen LogP contribution in [0.5, 0.6) is 0 Å². The van der Waals surface area contributed by atoms with Crippen molar-refractivity contribution in [3.63, 3.8) is 0 Å². The highest BCUT2D eigenvalue weighted by atomic mass is 16.2. The van der Waals surface area contributed by atoms with E-state index in [9.17, 15) is 24.0 Å². The van der Waals surface area contributed by atoms with Gasteiger partial charge in [0.15, 0.2) is 0 Å². The molecule has 0 spiro atoms. The third kappa shape index (κ3) is 8.24. The largest absolute Gasteiger partial charge is 0.353 e. The van der Waals surface area contributed by atoms with E-state index in [0.29, 0.717) is 12.0 Å². The van der Waals surface area contributed by atoms with Crippen molar-refractivity contribution in [3.8, 4) is 0 Å². The van der Waals surface area contributed by atoms with Crippen LogP contribution in [0.3, 0.4) is 0 Å². The normalized spacial score (nSPS) is 16.3. The van der Waals surface area contributed by atoms with Crippen molar-refractivity contribution >= 4 is 29.5 Å². The highest BCUT2D eigenvalue weighted by Gasteiger charge is 2.44. The molecule has 5 amide bonds. The Labute approximate surface area is 254 Å². The van der Waals surface area contributed by atoms with Gasteiger partial charge in [0, 0.05) is 51.9 Å². The molecule has 0 radical (unpaired) electrons. The summed E-state index contributed by atoms with van der Waals surface area (Å²) in [6.07, 6.45) is 2.42. The molecule has 11 heteroatoms. The monoisotopic (exact) mass is 594 g/mol. The van der Waals surface area contributed by atoms with Gasteiger partial charge in [-0.3, -0.25) is 24.0 Å². The van der Waals surface area contributed by atoms with Crippen molar-refractivity contribution in [2.75, 3.05) is 14.1 Å². The summed E-state index contributed by atoms with van der Waals surface area (Å²) in [5.41, 5.74) is 2.30. The van der Waals surface area contributed by atoms with Crippen molar-refractivity contribution in [1.29, 1.82) is 0 Å². The lowest BCUT2D eigenvalue weighted by atomic mass is 10.00. The third-order valence-corrected chi connectivity index (χ3v) is 7.66. The van der Waals surface area contributed by atoms with Gasteiger partial charge in [-0.2, -0.15) is 0 Å². The van der Waals surface area contributed by atoms with Crippen molar-refractivity contribution in [3.05, 3.63) is 59.4 Å². The summed E-state index contributed by atoms with van der Waals surface area (Å²) in [5, 5.41) is 8.50. The van der Waals surface area contributed by atoms with Crippen LogP contribution in [0.25, 0.3) is 0 Å². The Morgan fingerprint density at radius 2 is 1.58 bits per heavy atom. The number of hydrogen-bond donors (Lipinski definition) is 3. The van der Waals surface area contributed by atoms with Crippen LogP contribution in [0.4, 0.5) is 0 Å². The van der Waals surface area contributed by atoms with E-state index in [2.05, 4.69) is 16.0 Å². The molecular weight excluding hydrogens is 548 g/mol. The first-order valence-corrected chi connectivity index (χ1v) is 14.8. The molecule has 2 aromatic rings. The lowest BCUT2D eigenvalue weighted by molar-refractivity contribution is -0.145. The van der Waals surface area contributed by atoms with Crippen LogP contribution in [0.15, 0.2) is 42.6 Å². The third-order valence-electron chi connectivity index (χ3n) is 7.66. The molecule has 3 N–H and O–H groups in total. The zero-order chi connectivity index (χ0) is 32.0. The number of benzene rings is 1. The number of carbonyl (C=O) groups is 5. The number of hydrogen-bond acceptors (Lipinski definition) is 5. The number of aryl methyl sites for hydroxylation is 1. The summed E-state index contributed by atoms with van der Waals surface area (Å²) in [7, 11) is 5.12. The van der Waals surface area contributed by atoms with Crippen LogP contribution in [-0.4, -0.2) is 76.1 Å². The first-order chi connectivity index (χ1) is 20.2. The quantitative estimate of drug-likeness (QED) is 0.345. The number of carbonyl (C=O) groups excluding carboxylic acids is 5. The smallest absolute Gasteiger partial charge is 0.248 e. The van der Waals surface area contributed by atoms with Gasteiger partial charge in [0.25, 0.3) is 0 Å². The molecule has 1 aliphatic heterocycles. The Morgan fingerprint density at radius 1 is 0.930 bits per heavy atom. The molecule has 1 aromatic carbocycles. The van der Waals surface area contributed by atoms with Crippen molar-refractivity contribution in [2.45, 2.75) is 78.2 Å². The van der Waals surface area contributed by atoms with Crippen molar-refractivity contribution in [2.24, 2.45) is 18.9 Å². The molecule has 11 nitrogen and oxygen atoms in total. The molecule has 0 unspecified atom stereocenters. The van der Waals surface area contributed by atoms with E-state index in [1.807, 2.05) is 81.9 Å². The molecule has 2 heterocycles. The van der Waals surface area contributed by atoms with Gasteiger partial charge in [0.2, 0.25) is 29.5 Å². The van der Waals surface area contributed by atoms with Gasteiger partial charge >= 0.3 is 0 Å². The second-order valence-electron chi connectivity index (χ2n) is 12.3. The molecule has 0 fully saturated rings. The number of nitrogens with one attached hydrogen (secondary N) is 3. The molecule has 0 saturated heterocycles. The zero-order valence-electron chi connectivity index (χ0n) is 26.5. The predicted octanol–water partition coefficient (Wildman–Crippen LogP) is 1.92. The summed E-state index contributed by atoms with van der Waals surface area (Å²) < 4.78 is 1.87. The highest BCUT2D eigenvalue weighted by molar-refractivity contribution is 5.97. The lowest BCUT2D eigenvalue weighted by Gasteiger charge is -2.32. The molecule has 1 aromatic heterocycles. The van der Waals surface area contributed by atoms with Crippen LogP contribution in [0.1, 0.15) is 63.9 Å². The maximum atomic E-state index is 14.4. The molecule has 3 rings (SSSR count). The Bertz CT molecular complexity index is 1320. The zero-order valence-corrected chi connectivity index (χ0v) is 26.5. The van der Waals surface area contributed by atoms with E-state index >= 15 is 0 Å². The van der Waals surface area contributed by atoms with Gasteiger partial charge in [0.1, 0.15) is 24.2 Å². The lowest BCUT2D eigenvalue weighted by Crippen LogP contribution is -2.56. The standard InChI is InChI=1S/C32H46N6O5/c1-19(2)16-24(33-21(5)39)29(40)34-25(17-22-12-10-9-11-13-22)31(42)38-18-26-23(14-15-37(26)8)28(38)30(41)35-27(20(3)4)32(43)36(6)7/h9-15,19-20,24-25,27-28H,16-18H2,1-8H3,(H,33,39)(H,34,40)(H,35,41)/t24-,25+,27-,28-/m0/s1. The van der Waals surface area contributed by atoms with E-state index in [0.717, 1.165) is 11.3 Å². The Balaban J connectivity index is 1.97. The number of fused-ring (bicyclic) bond motifs is 1. The highest BCUT2D eigenvalue weighted by Crippen LogP contribution is 2.35. The van der Waals surface area contributed by atoms with E-state index in [1.54, 1.807) is 14.1 Å². The SMILES string of the molecule is CC(=O)N[C@@H](CC(C)C)C(=O)N[C@H](Cc1ccccc1)C(=O)N1Cc2c(ccn2C)[C@H]1C(=O)N[C@H](C(=O)N(C)C)C(C)C. The minimum absolute atomic E-state index is 0.116. The van der Waals surface area contributed by atoms with Crippen molar-refractivity contribution < 1.29 is 24.0 Å². The average molecular weight is 595 g/mol. The van der Waals surface area contributed by atoms with Gasteiger partial charge in [-0.05, 0) is 29.9 Å². The minimum Gasteiger partial charge on any atom is -0.353 e. The van der Waals surface area contributed by atoms with Gasteiger partial charge in [-0.25, -0.2) is 0 Å². The van der Waals surface area contributed by atoms with E-state index in [1.165, 1.54) is 16.7 Å². The number of aromatic nitrogens is 1. The Kier molecular flexibility index (Phi) is 11.1. The topological polar surface area (TPSA) is 133 Å². The van der Waals surface area contributed by atoms with Gasteiger partial charge in [-0.15, -0.1) is 0 Å². The maximum Gasteiger partial charge on any atom is 0.248 e. The number of rotatable bonds is 12. The number of amides is 5. The van der Waals surface area contributed by atoms with Gasteiger partial charge < -0.3 is 30.3 Å². The molecule has 0 bridgehead atoms. The second kappa shape index (κ2) is 14.3. The molecule has 1 aliphatic rings. The molecule has 4 atom stereocenters. The predicted molar refractivity (Wildman–Crippen MR) is 163 cm³/mol. The number of nitrogens with zero attached hydrogens (tertiary/aromatic N) is 3. The first kappa shape index (κ1) is 33.4. The van der Waals surface area contributed by atoms with E-state index in [4.69, 9.17) is 0 Å². The fourth-order valence-electron chi connectivity index (χ4n) is 5.44. The van der Waals surface area contributed by atoms with Crippen LogP contribution in [0.2, 0.25) is 0 Å².